The molecule has 0 fully saturated rings. The molecule has 0 amide bonds. The third-order valence-electron chi connectivity index (χ3n) is 2.48. The van der Waals surface area contributed by atoms with E-state index in [9.17, 15) is 9.18 Å². The summed E-state index contributed by atoms with van der Waals surface area (Å²) in [6.45, 7) is 2.01. The van der Waals surface area contributed by atoms with Crippen molar-refractivity contribution in [3.8, 4) is 0 Å². The molecule has 1 aromatic carbocycles. The molecule has 0 atom stereocenters. The van der Waals surface area contributed by atoms with Gasteiger partial charge in [-0.05, 0) is 42.8 Å². The number of aromatic amines is 1. The molecule has 0 bridgehead atoms. The van der Waals surface area contributed by atoms with E-state index in [0.717, 1.165) is 12.1 Å². The molecule has 2 rings (SSSR count). The van der Waals surface area contributed by atoms with Crippen molar-refractivity contribution in [2.75, 3.05) is 0 Å². The SMILES string of the molecule is CCc1ccc(C(=O)c2ccc(F)cc2)[nH]1. The number of nitrogens with one attached hydrogen (secondary N) is 1. The van der Waals surface area contributed by atoms with Crippen LogP contribution >= 0.6 is 0 Å². The van der Waals surface area contributed by atoms with Crippen molar-refractivity contribution < 1.29 is 9.18 Å². The largest absolute Gasteiger partial charge is 0.356 e. The van der Waals surface area contributed by atoms with Crippen molar-refractivity contribution in [3.63, 3.8) is 0 Å². The lowest BCUT2D eigenvalue weighted by molar-refractivity contribution is 0.103. The fourth-order valence-electron chi connectivity index (χ4n) is 1.54. The lowest BCUT2D eigenvalue weighted by atomic mass is 10.1. The van der Waals surface area contributed by atoms with Crippen molar-refractivity contribution >= 4 is 5.78 Å². The van der Waals surface area contributed by atoms with Gasteiger partial charge in [0.15, 0.2) is 0 Å². The van der Waals surface area contributed by atoms with Crippen LogP contribution in [-0.4, -0.2) is 10.8 Å². The molecule has 2 aromatic rings. The Labute approximate surface area is 93.1 Å². The summed E-state index contributed by atoms with van der Waals surface area (Å²) in [7, 11) is 0. The second-order valence-electron chi connectivity index (χ2n) is 3.59. The van der Waals surface area contributed by atoms with E-state index in [2.05, 4.69) is 4.98 Å². The maximum atomic E-state index is 12.7. The second-order valence-corrected chi connectivity index (χ2v) is 3.59. The van der Waals surface area contributed by atoms with Gasteiger partial charge in [-0.2, -0.15) is 0 Å². The molecule has 0 saturated heterocycles. The van der Waals surface area contributed by atoms with Gasteiger partial charge in [-0.25, -0.2) is 4.39 Å². The number of halogens is 1. The molecule has 3 heteroatoms. The number of hydrogen-bond acceptors (Lipinski definition) is 1. The van der Waals surface area contributed by atoms with E-state index < -0.39 is 0 Å². The van der Waals surface area contributed by atoms with Gasteiger partial charge < -0.3 is 4.98 Å². The number of H-pyrrole nitrogens is 1. The standard InChI is InChI=1S/C13H12FNO/c1-2-11-7-8-12(15-11)13(16)9-3-5-10(14)6-4-9/h3-8,15H,2H2,1H3. The van der Waals surface area contributed by atoms with E-state index in [1.165, 1.54) is 24.3 Å². The van der Waals surface area contributed by atoms with E-state index >= 15 is 0 Å². The summed E-state index contributed by atoms with van der Waals surface area (Å²) in [5.74, 6) is -0.447. The van der Waals surface area contributed by atoms with Gasteiger partial charge in [0.1, 0.15) is 5.82 Å². The van der Waals surface area contributed by atoms with Crippen LogP contribution < -0.4 is 0 Å². The summed E-state index contributed by atoms with van der Waals surface area (Å²) in [6.07, 6.45) is 0.858. The summed E-state index contributed by atoms with van der Waals surface area (Å²) in [5, 5.41) is 0. The molecule has 0 unspecified atom stereocenters. The number of rotatable bonds is 3. The zero-order valence-electron chi connectivity index (χ0n) is 8.96. The van der Waals surface area contributed by atoms with Crippen LogP contribution in [0.25, 0.3) is 0 Å². The minimum absolute atomic E-state index is 0.111. The summed E-state index contributed by atoms with van der Waals surface area (Å²) < 4.78 is 12.7. The van der Waals surface area contributed by atoms with Gasteiger partial charge in [-0.15, -0.1) is 0 Å². The Morgan fingerprint density at radius 2 is 1.88 bits per heavy atom. The first-order valence-corrected chi connectivity index (χ1v) is 5.19. The van der Waals surface area contributed by atoms with Crippen molar-refractivity contribution in [2.24, 2.45) is 0 Å². The minimum Gasteiger partial charge on any atom is -0.356 e. The van der Waals surface area contributed by atoms with Gasteiger partial charge in [0.05, 0.1) is 5.69 Å². The highest BCUT2D eigenvalue weighted by Crippen LogP contribution is 2.11. The lowest BCUT2D eigenvalue weighted by Crippen LogP contribution is -2.01. The molecular formula is C13H12FNO. The first-order chi connectivity index (χ1) is 7.70. The highest BCUT2D eigenvalue weighted by atomic mass is 19.1. The van der Waals surface area contributed by atoms with Crippen LogP contribution in [0, 0.1) is 5.82 Å². The van der Waals surface area contributed by atoms with Gasteiger partial charge in [-0.3, -0.25) is 4.79 Å². The Hall–Kier alpha value is -1.90. The van der Waals surface area contributed by atoms with Crippen LogP contribution in [-0.2, 0) is 6.42 Å². The van der Waals surface area contributed by atoms with Gasteiger partial charge in [0, 0.05) is 11.3 Å². The minimum atomic E-state index is -0.336. The van der Waals surface area contributed by atoms with Crippen molar-refractivity contribution in [3.05, 3.63) is 59.2 Å². The van der Waals surface area contributed by atoms with E-state index in [1.54, 1.807) is 6.07 Å². The van der Waals surface area contributed by atoms with Gasteiger partial charge in [-0.1, -0.05) is 6.92 Å². The molecular weight excluding hydrogens is 205 g/mol. The van der Waals surface area contributed by atoms with Gasteiger partial charge in [0.2, 0.25) is 5.78 Å². The molecule has 82 valence electrons. The summed E-state index contributed by atoms with van der Waals surface area (Å²) in [6, 6.07) is 9.20. The topological polar surface area (TPSA) is 32.9 Å². The third-order valence-corrected chi connectivity index (χ3v) is 2.48. The van der Waals surface area contributed by atoms with Crippen LogP contribution in [0.4, 0.5) is 4.39 Å². The number of ketones is 1. The smallest absolute Gasteiger partial charge is 0.209 e. The van der Waals surface area contributed by atoms with E-state index in [4.69, 9.17) is 0 Å². The molecule has 0 spiro atoms. The van der Waals surface area contributed by atoms with Crippen LogP contribution in [0.1, 0.15) is 28.7 Å². The van der Waals surface area contributed by atoms with E-state index in [0.29, 0.717) is 11.3 Å². The summed E-state index contributed by atoms with van der Waals surface area (Å²) in [5.41, 5.74) is 2.06. The molecule has 0 radical (unpaired) electrons. The fraction of sp³-hybridized carbons (Fsp3) is 0.154. The quantitative estimate of drug-likeness (QED) is 0.788. The first kappa shape index (κ1) is 10.6. The number of benzene rings is 1. The normalized spacial score (nSPS) is 10.4. The van der Waals surface area contributed by atoms with Crippen molar-refractivity contribution in [2.45, 2.75) is 13.3 Å². The Balaban J connectivity index is 2.28. The Bertz CT molecular complexity index is 499. The maximum absolute atomic E-state index is 12.7. The molecule has 2 nitrogen and oxygen atoms in total. The average molecular weight is 217 g/mol. The Morgan fingerprint density at radius 1 is 1.19 bits per heavy atom. The van der Waals surface area contributed by atoms with E-state index in [-0.39, 0.29) is 11.6 Å². The Kier molecular flexibility index (Phi) is 2.86. The highest BCUT2D eigenvalue weighted by Gasteiger charge is 2.10. The molecule has 1 N–H and O–H groups in total. The van der Waals surface area contributed by atoms with Gasteiger partial charge >= 0.3 is 0 Å². The maximum Gasteiger partial charge on any atom is 0.209 e. The molecule has 0 aliphatic carbocycles. The number of aromatic nitrogens is 1. The molecule has 1 aromatic heterocycles. The fourth-order valence-corrected chi connectivity index (χ4v) is 1.54. The predicted octanol–water partition coefficient (Wildman–Crippen LogP) is 2.95. The van der Waals surface area contributed by atoms with Crippen LogP contribution in [0.3, 0.4) is 0 Å². The second kappa shape index (κ2) is 4.31. The third kappa shape index (κ3) is 2.03. The van der Waals surface area contributed by atoms with E-state index in [1.807, 2.05) is 13.0 Å². The summed E-state index contributed by atoms with van der Waals surface area (Å²) >= 11 is 0. The molecule has 0 aliphatic heterocycles. The van der Waals surface area contributed by atoms with Crippen molar-refractivity contribution in [1.29, 1.82) is 0 Å². The number of carbonyl (C=O) groups is 1. The molecule has 1 heterocycles. The van der Waals surface area contributed by atoms with Crippen LogP contribution in [0.15, 0.2) is 36.4 Å². The average Bonchev–Trinajstić information content (AvgIpc) is 2.77. The monoisotopic (exact) mass is 217 g/mol. The zero-order valence-corrected chi connectivity index (χ0v) is 8.96. The number of aryl methyl sites for hydroxylation is 1. The van der Waals surface area contributed by atoms with Gasteiger partial charge in [0.25, 0.3) is 0 Å². The zero-order chi connectivity index (χ0) is 11.5. The molecule has 0 saturated carbocycles. The lowest BCUT2D eigenvalue weighted by Gasteiger charge is -1.98. The Morgan fingerprint density at radius 3 is 2.44 bits per heavy atom. The molecule has 0 aliphatic rings. The summed E-state index contributed by atoms with van der Waals surface area (Å²) in [4.78, 5) is 15.0. The first-order valence-electron chi connectivity index (χ1n) is 5.19. The van der Waals surface area contributed by atoms with Crippen LogP contribution in [0.2, 0.25) is 0 Å². The molecule has 16 heavy (non-hydrogen) atoms. The van der Waals surface area contributed by atoms with Crippen molar-refractivity contribution in [1.82, 2.24) is 4.98 Å². The number of carbonyl (C=O) groups excluding carboxylic acids is 1. The highest BCUT2D eigenvalue weighted by molar-refractivity contribution is 6.07. The van der Waals surface area contributed by atoms with Crippen LogP contribution in [0.5, 0.6) is 0 Å². The predicted molar refractivity (Wildman–Crippen MR) is 60.0 cm³/mol. The number of hydrogen-bond donors (Lipinski definition) is 1.